The first-order valence-corrected chi connectivity index (χ1v) is 9.06. The fraction of sp³-hybridized carbons (Fsp3) is 0.455. The number of hydrogen-bond donors (Lipinski definition) is 1. The summed E-state index contributed by atoms with van der Waals surface area (Å²) in [6, 6.07) is 0. The maximum atomic E-state index is 11.3. The first kappa shape index (κ1) is 29.2. The number of ether oxygens (including phenoxy) is 3. The largest absolute Gasteiger partial charge is 0.462 e. The molecule has 0 amide bonds. The summed E-state index contributed by atoms with van der Waals surface area (Å²) in [5.74, 6) is -2.48. The summed E-state index contributed by atoms with van der Waals surface area (Å²) in [6.07, 6.45) is 0.496. The van der Waals surface area contributed by atoms with Crippen LogP contribution >= 0.6 is 0 Å². The molecule has 0 aliphatic rings. The second-order valence-corrected chi connectivity index (χ2v) is 6.96. The molecule has 1 N–H and O–H groups in total. The van der Waals surface area contributed by atoms with Gasteiger partial charge in [0.05, 0.1) is 12.0 Å². The van der Waals surface area contributed by atoms with Crippen LogP contribution in [0.1, 0.15) is 41.0 Å². The Hall–Kier alpha value is -3.00. The first-order valence-electron chi connectivity index (χ1n) is 9.06. The smallest absolute Gasteiger partial charge is 0.340 e. The number of esters is 4. The van der Waals surface area contributed by atoms with Crippen LogP contribution in [0.4, 0.5) is 0 Å². The summed E-state index contributed by atoms with van der Waals surface area (Å²) in [4.78, 5) is 44.0. The van der Waals surface area contributed by atoms with Crippen LogP contribution in [-0.2, 0) is 33.4 Å². The Kier molecular flexibility index (Phi) is 13.7. The minimum Gasteiger partial charge on any atom is -0.462 e. The number of rotatable bonds is 10. The first-order chi connectivity index (χ1) is 13.7. The molecule has 0 saturated heterocycles. The topological polar surface area (TPSA) is 116 Å². The zero-order chi connectivity index (χ0) is 24.1. The second kappa shape index (κ2) is 14.1. The van der Waals surface area contributed by atoms with E-state index in [1.54, 1.807) is 0 Å². The average molecular weight is 424 g/mol. The van der Waals surface area contributed by atoms with Gasteiger partial charge in [-0.3, -0.25) is 0 Å². The van der Waals surface area contributed by atoms with Crippen LogP contribution in [0.25, 0.3) is 0 Å². The molecule has 8 nitrogen and oxygen atoms in total. The fourth-order valence-corrected chi connectivity index (χ4v) is 1.39. The quantitative estimate of drug-likeness (QED) is 0.246. The van der Waals surface area contributed by atoms with Gasteiger partial charge in [0.15, 0.2) is 0 Å². The van der Waals surface area contributed by atoms with E-state index in [0.717, 1.165) is 0 Å². The van der Waals surface area contributed by atoms with Crippen LogP contribution in [0, 0.1) is 5.41 Å². The highest BCUT2D eigenvalue weighted by atomic mass is 16.6. The Morgan fingerprint density at radius 3 is 1.20 bits per heavy atom. The van der Waals surface area contributed by atoms with E-state index in [2.05, 4.69) is 31.1 Å². The minimum atomic E-state index is -0.795. The second-order valence-electron chi connectivity index (χ2n) is 6.96. The molecule has 0 aromatic carbocycles. The van der Waals surface area contributed by atoms with Crippen molar-refractivity contribution >= 4 is 23.9 Å². The Bertz CT molecular complexity index is 655. The number of aliphatic hydroxyl groups excluding tert-OH is 1. The highest BCUT2D eigenvalue weighted by Gasteiger charge is 2.31. The number of aliphatic hydroxyl groups is 1. The summed E-state index contributed by atoms with van der Waals surface area (Å²) in [6.45, 7) is 21.1. The molecule has 30 heavy (non-hydrogen) atoms. The predicted octanol–water partition coefficient (Wildman–Crippen LogP) is 2.82. The fourth-order valence-electron chi connectivity index (χ4n) is 1.39. The number of hydrogen-bond acceptors (Lipinski definition) is 8. The van der Waals surface area contributed by atoms with Gasteiger partial charge >= 0.3 is 23.9 Å². The van der Waals surface area contributed by atoms with Gasteiger partial charge in [0.2, 0.25) is 0 Å². The SMILES string of the molecule is C=C(C)C(=O)OC(=O)C(=C)C.C=C(C)C(=O)OCC(CC)(CO)COC(=O)C(=C)C. The Morgan fingerprint density at radius 2 is 1.00 bits per heavy atom. The molecule has 0 atom stereocenters. The lowest BCUT2D eigenvalue weighted by molar-refractivity contribution is -0.154. The lowest BCUT2D eigenvalue weighted by atomic mass is 9.88. The zero-order valence-corrected chi connectivity index (χ0v) is 18.5. The molecule has 0 aliphatic heterocycles. The van der Waals surface area contributed by atoms with Gasteiger partial charge in [-0.05, 0) is 34.1 Å². The maximum absolute atomic E-state index is 11.3. The van der Waals surface area contributed by atoms with Gasteiger partial charge < -0.3 is 19.3 Å². The lowest BCUT2D eigenvalue weighted by Gasteiger charge is -2.29. The predicted molar refractivity (Wildman–Crippen MR) is 112 cm³/mol. The molecule has 0 heterocycles. The standard InChI is InChI=1S/C14H22O5.C8H10O3/c1-6-14(7-15,8-18-12(16)10(2)3)9-19-13(17)11(4)5;1-5(2)7(9)11-8(10)6(3)4/h15H,2,4,6-9H2,1,3,5H3;1,3H2,2,4H3. The summed E-state index contributed by atoms with van der Waals surface area (Å²) in [5, 5.41) is 9.45. The Morgan fingerprint density at radius 1 is 0.700 bits per heavy atom. The Balaban J connectivity index is 0. The van der Waals surface area contributed by atoms with Crippen molar-refractivity contribution in [3.63, 3.8) is 0 Å². The minimum absolute atomic E-state index is 0.0326. The molecule has 0 bridgehead atoms. The van der Waals surface area contributed by atoms with Crippen LogP contribution in [0.15, 0.2) is 48.6 Å². The van der Waals surface area contributed by atoms with Crippen molar-refractivity contribution in [3.8, 4) is 0 Å². The van der Waals surface area contributed by atoms with E-state index in [0.29, 0.717) is 6.42 Å². The molecule has 0 rings (SSSR count). The summed E-state index contributed by atoms with van der Waals surface area (Å²) in [5.41, 5.74) is 0.152. The average Bonchev–Trinajstić information content (AvgIpc) is 2.68. The monoisotopic (exact) mass is 424 g/mol. The zero-order valence-electron chi connectivity index (χ0n) is 18.5. The molecule has 0 aliphatic carbocycles. The molecule has 0 spiro atoms. The summed E-state index contributed by atoms with van der Waals surface area (Å²) in [7, 11) is 0. The van der Waals surface area contributed by atoms with Crippen LogP contribution in [-0.4, -0.2) is 48.8 Å². The third-order valence-electron chi connectivity index (χ3n) is 3.68. The molecule has 0 aromatic heterocycles. The normalized spacial score (nSPS) is 9.93. The third kappa shape index (κ3) is 11.8. The summed E-state index contributed by atoms with van der Waals surface area (Å²) < 4.78 is 14.4. The van der Waals surface area contributed by atoms with E-state index in [1.807, 2.05) is 6.92 Å². The van der Waals surface area contributed by atoms with Gasteiger partial charge in [-0.15, -0.1) is 0 Å². The Labute approximate surface area is 177 Å². The maximum Gasteiger partial charge on any atom is 0.340 e. The van der Waals surface area contributed by atoms with E-state index in [9.17, 15) is 24.3 Å². The van der Waals surface area contributed by atoms with Crippen molar-refractivity contribution in [1.29, 1.82) is 0 Å². The van der Waals surface area contributed by atoms with Crippen molar-refractivity contribution in [2.45, 2.75) is 41.0 Å². The van der Waals surface area contributed by atoms with E-state index in [-0.39, 0.29) is 42.1 Å². The number of carbonyl (C=O) groups excluding carboxylic acids is 4. The molecule has 8 heteroatoms. The van der Waals surface area contributed by atoms with E-state index in [4.69, 9.17) is 9.47 Å². The van der Waals surface area contributed by atoms with Crippen molar-refractivity contribution < 1.29 is 38.5 Å². The van der Waals surface area contributed by atoms with Crippen molar-refractivity contribution in [2.24, 2.45) is 5.41 Å². The van der Waals surface area contributed by atoms with Gasteiger partial charge in [0.25, 0.3) is 0 Å². The van der Waals surface area contributed by atoms with Gasteiger partial charge in [-0.1, -0.05) is 33.2 Å². The van der Waals surface area contributed by atoms with Crippen LogP contribution in [0.2, 0.25) is 0 Å². The highest BCUT2D eigenvalue weighted by molar-refractivity contribution is 6.00. The lowest BCUT2D eigenvalue weighted by Crippen LogP contribution is -2.37. The van der Waals surface area contributed by atoms with Crippen molar-refractivity contribution in [3.05, 3.63) is 48.6 Å². The van der Waals surface area contributed by atoms with Crippen molar-refractivity contribution in [1.82, 2.24) is 0 Å². The van der Waals surface area contributed by atoms with Gasteiger partial charge in [0.1, 0.15) is 13.2 Å². The van der Waals surface area contributed by atoms with Crippen LogP contribution in [0.5, 0.6) is 0 Å². The molecule has 0 radical (unpaired) electrons. The van der Waals surface area contributed by atoms with E-state index < -0.39 is 29.3 Å². The molecule has 0 saturated carbocycles. The molecule has 168 valence electrons. The summed E-state index contributed by atoms with van der Waals surface area (Å²) >= 11 is 0. The molecule has 0 aromatic rings. The van der Waals surface area contributed by atoms with E-state index >= 15 is 0 Å². The van der Waals surface area contributed by atoms with Crippen LogP contribution < -0.4 is 0 Å². The molecular weight excluding hydrogens is 392 g/mol. The molecule has 0 unspecified atom stereocenters. The number of carbonyl (C=O) groups is 4. The molecule has 0 fully saturated rings. The van der Waals surface area contributed by atoms with Gasteiger partial charge in [0, 0.05) is 22.3 Å². The van der Waals surface area contributed by atoms with E-state index in [1.165, 1.54) is 27.7 Å². The van der Waals surface area contributed by atoms with Crippen LogP contribution in [0.3, 0.4) is 0 Å². The third-order valence-corrected chi connectivity index (χ3v) is 3.68. The highest BCUT2D eigenvalue weighted by Crippen LogP contribution is 2.23. The van der Waals surface area contributed by atoms with Crippen molar-refractivity contribution in [2.75, 3.05) is 19.8 Å². The van der Waals surface area contributed by atoms with Gasteiger partial charge in [-0.25, -0.2) is 19.2 Å². The molecular formula is C22H32O8. The van der Waals surface area contributed by atoms with Gasteiger partial charge in [-0.2, -0.15) is 0 Å².